The van der Waals surface area contributed by atoms with Crippen LogP contribution in [0.5, 0.6) is 0 Å². The number of rotatable bonds is 9. The van der Waals surface area contributed by atoms with Crippen LogP contribution >= 0.6 is 0 Å². The van der Waals surface area contributed by atoms with E-state index in [0.717, 1.165) is 38.5 Å². The predicted molar refractivity (Wildman–Crippen MR) is 59.3 cm³/mol. The Kier molecular flexibility index (Phi) is 10.4. The molecule has 0 fully saturated rings. The molecule has 0 aliphatic heterocycles. The second-order valence-corrected chi connectivity index (χ2v) is 5.32. The van der Waals surface area contributed by atoms with Crippen molar-refractivity contribution in [3.63, 3.8) is 0 Å². The summed E-state index contributed by atoms with van der Waals surface area (Å²) in [5.74, 6) is 0. The Morgan fingerprint density at radius 2 is 1.71 bits per heavy atom. The van der Waals surface area contributed by atoms with Gasteiger partial charge in [0.2, 0.25) is 0 Å². The maximum Gasteiger partial charge on any atom is 0.321 e. The first-order valence-corrected chi connectivity index (χ1v) is 7.21. The fourth-order valence-corrected chi connectivity index (χ4v) is 3.03. The molecule has 0 heterocycles. The van der Waals surface area contributed by atoms with Gasteiger partial charge in [0.25, 0.3) is 0 Å². The van der Waals surface area contributed by atoms with Gasteiger partial charge in [0.1, 0.15) is 0 Å². The van der Waals surface area contributed by atoms with Crippen molar-refractivity contribution in [3.05, 3.63) is 0 Å². The molecule has 0 unspecified atom stereocenters. The monoisotopic (exact) mass is 215 g/mol. The van der Waals surface area contributed by atoms with E-state index in [1.54, 1.807) is 0 Å². The van der Waals surface area contributed by atoms with E-state index in [2.05, 4.69) is 19.9 Å². The zero-order valence-electron chi connectivity index (χ0n) is 9.29. The molecule has 0 aromatic heterocycles. The Bertz CT molecular complexity index is 151. The molecule has 0 spiro atoms. The van der Waals surface area contributed by atoms with Crippen LogP contribution in [0.2, 0.25) is 6.04 Å². The minimum absolute atomic E-state index is 0.620. The van der Waals surface area contributed by atoms with Gasteiger partial charge in [0, 0.05) is 19.6 Å². The van der Waals surface area contributed by atoms with Crippen molar-refractivity contribution in [1.29, 1.82) is 5.26 Å². The number of nitrogens with zero attached hydrogens (tertiary/aromatic N) is 1. The first-order valence-electron chi connectivity index (χ1n) is 5.45. The average molecular weight is 215 g/mol. The van der Waals surface area contributed by atoms with Crippen molar-refractivity contribution in [1.82, 2.24) is 0 Å². The van der Waals surface area contributed by atoms with Gasteiger partial charge in [-0.1, -0.05) is 13.8 Å². The summed E-state index contributed by atoms with van der Waals surface area (Å²) in [7, 11) is -1.45. The van der Waals surface area contributed by atoms with Crippen LogP contribution in [0.25, 0.3) is 0 Å². The Morgan fingerprint density at radius 3 is 2.14 bits per heavy atom. The molecule has 0 saturated carbocycles. The summed E-state index contributed by atoms with van der Waals surface area (Å²) in [5.41, 5.74) is 0. The van der Waals surface area contributed by atoms with Crippen LogP contribution in [0, 0.1) is 11.3 Å². The maximum atomic E-state index is 8.42. The zero-order chi connectivity index (χ0) is 10.6. The van der Waals surface area contributed by atoms with Crippen molar-refractivity contribution in [2.24, 2.45) is 0 Å². The van der Waals surface area contributed by atoms with Gasteiger partial charge in [-0.3, -0.25) is 0 Å². The fraction of sp³-hybridized carbons (Fsp3) is 0.900. The van der Waals surface area contributed by atoms with Crippen LogP contribution in [0.3, 0.4) is 0 Å². The Balaban J connectivity index is 3.56. The predicted octanol–water partition coefficient (Wildman–Crippen LogP) is 2.36. The van der Waals surface area contributed by atoms with Gasteiger partial charge in [-0.2, -0.15) is 5.26 Å². The zero-order valence-corrected chi connectivity index (χ0v) is 10.4. The van der Waals surface area contributed by atoms with Gasteiger partial charge in [-0.15, -0.1) is 0 Å². The van der Waals surface area contributed by atoms with Crippen molar-refractivity contribution in [2.75, 3.05) is 13.2 Å². The minimum Gasteiger partial charge on any atom is -0.397 e. The molecule has 4 heteroatoms. The van der Waals surface area contributed by atoms with E-state index >= 15 is 0 Å². The van der Waals surface area contributed by atoms with Gasteiger partial charge < -0.3 is 8.85 Å². The Morgan fingerprint density at radius 1 is 1.14 bits per heavy atom. The second kappa shape index (κ2) is 10.7. The Hall–Kier alpha value is -0.373. The second-order valence-electron chi connectivity index (χ2n) is 3.22. The molecule has 0 N–H and O–H groups in total. The molecule has 0 aliphatic carbocycles. The van der Waals surface area contributed by atoms with Crippen LogP contribution < -0.4 is 0 Å². The lowest BCUT2D eigenvalue weighted by Crippen LogP contribution is -2.23. The van der Waals surface area contributed by atoms with Gasteiger partial charge in [-0.05, 0) is 25.3 Å². The average Bonchev–Trinajstić information content (AvgIpc) is 2.21. The molecular weight excluding hydrogens is 194 g/mol. The molecule has 0 aromatic carbocycles. The normalized spacial score (nSPS) is 10.4. The summed E-state index contributed by atoms with van der Waals surface area (Å²) in [6.45, 7) is 5.79. The number of nitriles is 1. The summed E-state index contributed by atoms with van der Waals surface area (Å²) >= 11 is 0. The van der Waals surface area contributed by atoms with Gasteiger partial charge in [0.15, 0.2) is 0 Å². The highest BCUT2D eigenvalue weighted by molar-refractivity contribution is 6.44. The minimum atomic E-state index is -1.45. The number of hydrogen-bond acceptors (Lipinski definition) is 3. The molecule has 0 saturated heterocycles. The van der Waals surface area contributed by atoms with E-state index in [9.17, 15) is 0 Å². The summed E-state index contributed by atoms with van der Waals surface area (Å²) < 4.78 is 11.3. The van der Waals surface area contributed by atoms with E-state index in [0.29, 0.717) is 6.42 Å². The summed E-state index contributed by atoms with van der Waals surface area (Å²) in [6, 6.07) is 3.11. The van der Waals surface area contributed by atoms with Gasteiger partial charge in [-0.25, -0.2) is 0 Å². The smallest absolute Gasteiger partial charge is 0.321 e. The van der Waals surface area contributed by atoms with Gasteiger partial charge >= 0.3 is 9.28 Å². The molecule has 0 aromatic rings. The molecular formula is C10H21NO2Si. The molecule has 14 heavy (non-hydrogen) atoms. The third-order valence-corrected chi connectivity index (χ3v) is 3.84. The first kappa shape index (κ1) is 13.6. The summed E-state index contributed by atoms with van der Waals surface area (Å²) in [5, 5.41) is 8.42. The number of unbranched alkanes of at least 4 members (excludes halogenated alkanes) is 1. The molecule has 3 nitrogen and oxygen atoms in total. The van der Waals surface area contributed by atoms with Crippen molar-refractivity contribution < 1.29 is 8.85 Å². The van der Waals surface area contributed by atoms with Crippen molar-refractivity contribution in [2.45, 2.75) is 45.6 Å². The molecule has 0 amide bonds. The highest BCUT2D eigenvalue weighted by Gasteiger charge is 2.11. The van der Waals surface area contributed by atoms with Crippen LogP contribution in [0.4, 0.5) is 0 Å². The molecule has 82 valence electrons. The SMILES string of the molecule is CCCO[SiH](CCCC#N)OCCC. The van der Waals surface area contributed by atoms with Crippen LogP contribution in [0.15, 0.2) is 0 Å². The van der Waals surface area contributed by atoms with Crippen LogP contribution in [0.1, 0.15) is 39.5 Å². The standard InChI is InChI=1S/C10H21NO2Si/c1-3-8-12-14(13-9-4-2)10-6-5-7-11/h14H,3-6,8-10H2,1-2H3. The van der Waals surface area contributed by atoms with E-state index in [4.69, 9.17) is 14.1 Å². The molecule has 0 atom stereocenters. The quantitative estimate of drug-likeness (QED) is 0.438. The van der Waals surface area contributed by atoms with Crippen molar-refractivity contribution in [3.8, 4) is 6.07 Å². The van der Waals surface area contributed by atoms with E-state index < -0.39 is 9.28 Å². The summed E-state index contributed by atoms with van der Waals surface area (Å²) in [4.78, 5) is 0. The first-order chi connectivity index (χ1) is 6.85. The lowest BCUT2D eigenvalue weighted by atomic mass is 10.4. The lowest BCUT2D eigenvalue weighted by Gasteiger charge is -2.15. The largest absolute Gasteiger partial charge is 0.397 e. The maximum absolute atomic E-state index is 8.42. The topological polar surface area (TPSA) is 42.2 Å². The molecule has 0 rings (SSSR count). The van der Waals surface area contributed by atoms with Crippen molar-refractivity contribution >= 4 is 9.28 Å². The number of hydrogen-bond donors (Lipinski definition) is 0. The third kappa shape index (κ3) is 8.24. The highest BCUT2D eigenvalue weighted by Crippen LogP contribution is 2.05. The highest BCUT2D eigenvalue weighted by atomic mass is 28.3. The summed E-state index contributed by atoms with van der Waals surface area (Å²) in [6.07, 6.45) is 3.61. The van der Waals surface area contributed by atoms with E-state index in [-0.39, 0.29) is 0 Å². The lowest BCUT2D eigenvalue weighted by molar-refractivity contribution is 0.196. The van der Waals surface area contributed by atoms with E-state index in [1.165, 1.54) is 0 Å². The Labute approximate surface area is 88.9 Å². The fourth-order valence-electron chi connectivity index (χ4n) is 1.06. The third-order valence-electron chi connectivity index (χ3n) is 1.74. The van der Waals surface area contributed by atoms with Crippen LogP contribution in [-0.4, -0.2) is 22.5 Å². The molecule has 0 radical (unpaired) electrons. The molecule has 0 aliphatic rings. The molecule has 0 bridgehead atoms. The van der Waals surface area contributed by atoms with Crippen LogP contribution in [-0.2, 0) is 8.85 Å². The van der Waals surface area contributed by atoms with E-state index in [1.807, 2.05) is 0 Å². The van der Waals surface area contributed by atoms with Gasteiger partial charge in [0.05, 0.1) is 6.07 Å².